The smallest absolute Gasteiger partial charge is 0.163 e. The maximum atomic E-state index is 6.24. The van der Waals surface area contributed by atoms with Crippen LogP contribution < -0.4 is 24.3 Å². The number of rotatable bonds is 8. The fourth-order valence-corrected chi connectivity index (χ4v) is 3.73. The van der Waals surface area contributed by atoms with Gasteiger partial charge in [0.25, 0.3) is 0 Å². The lowest BCUT2D eigenvalue weighted by molar-refractivity contribution is 0.171. The van der Waals surface area contributed by atoms with E-state index in [1.165, 1.54) is 0 Å². The van der Waals surface area contributed by atoms with Gasteiger partial charge in [-0.2, -0.15) is 0 Å². The Bertz CT molecular complexity index is 1040. The molecule has 7 heteroatoms. The minimum absolute atomic E-state index is 0.257. The highest BCUT2D eigenvalue weighted by Crippen LogP contribution is 2.34. The SMILES string of the molecule is CCOc1cc(CNc2ccc3c(c2)OCCO3)ccc1OCc1c(Cl)cccc1Cl. The fraction of sp³-hybridized carbons (Fsp3) is 0.250. The maximum Gasteiger partial charge on any atom is 0.163 e. The molecule has 4 rings (SSSR count). The zero-order valence-electron chi connectivity index (χ0n) is 17.1. The molecule has 0 spiro atoms. The van der Waals surface area contributed by atoms with Crippen molar-refractivity contribution < 1.29 is 18.9 Å². The Balaban J connectivity index is 1.44. The van der Waals surface area contributed by atoms with E-state index >= 15 is 0 Å². The van der Waals surface area contributed by atoms with Crippen molar-refractivity contribution in [2.75, 3.05) is 25.1 Å². The van der Waals surface area contributed by atoms with Crippen LogP contribution in [0.1, 0.15) is 18.1 Å². The molecule has 1 aliphatic rings. The summed E-state index contributed by atoms with van der Waals surface area (Å²) in [7, 11) is 0. The summed E-state index contributed by atoms with van der Waals surface area (Å²) in [5.41, 5.74) is 2.76. The lowest BCUT2D eigenvalue weighted by Crippen LogP contribution is -2.15. The monoisotopic (exact) mass is 459 g/mol. The fourth-order valence-electron chi connectivity index (χ4n) is 3.23. The highest BCUT2D eigenvalue weighted by atomic mass is 35.5. The van der Waals surface area contributed by atoms with Crippen molar-refractivity contribution in [2.24, 2.45) is 0 Å². The van der Waals surface area contributed by atoms with Gasteiger partial charge in [-0.15, -0.1) is 0 Å². The molecule has 0 aromatic heterocycles. The van der Waals surface area contributed by atoms with Gasteiger partial charge in [0.15, 0.2) is 23.0 Å². The summed E-state index contributed by atoms with van der Waals surface area (Å²) in [6.07, 6.45) is 0. The molecule has 1 N–H and O–H groups in total. The van der Waals surface area contributed by atoms with Gasteiger partial charge in [-0.25, -0.2) is 0 Å². The van der Waals surface area contributed by atoms with Crippen molar-refractivity contribution in [2.45, 2.75) is 20.1 Å². The highest BCUT2D eigenvalue weighted by molar-refractivity contribution is 6.35. The molecular formula is C24H23Cl2NO4. The van der Waals surface area contributed by atoms with Crippen LogP contribution in [0.15, 0.2) is 54.6 Å². The molecule has 0 saturated heterocycles. The summed E-state index contributed by atoms with van der Waals surface area (Å²) in [6, 6.07) is 17.1. The number of ether oxygens (including phenoxy) is 4. The standard InChI is InChI=1S/C24H23Cl2NO4/c1-2-28-23-12-16(14-27-17-7-9-21-24(13-17)30-11-10-29-21)6-8-22(23)31-15-18-19(25)4-3-5-20(18)26/h3-9,12-13,27H,2,10-11,14-15H2,1H3. The van der Waals surface area contributed by atoms with Crippen LogP contribution in [-0.2, 0) is 13.2 Å². The minimum Gasteiger partial charge on any atom is -0.490 e. The van der Waals surface area contributed by atoms with Gasteiger partial charge >= 0.3 is 0 Å². The normalized spacial score (nSPS) is 12.4. The average molecular weight is 460 g/mol. The Morgan fingerprint density at radius 3 is 2.42 bits per heavy atom. The second-order valence-electron chi connectivity index (χ2n) is 6.91. The van der Waals surface area contributed by atoms with Gasteiger partial charge in [0.2, 0.25) is 0 Å². The molecule has 0 radical (unpaired) electrons. The van der Waals surface area contributed by atoms with Crippen LogP contribution in [0.4, 0.5) is 5.69 Å². The maximum absolute atomic E-state index is 6.24. The Morgan fingerprint density at radius 1 is 0.871 bits per heavy atom. The summed E-state index contributed by atoms with van der Waals surface area (Å²) >= 11 is 12.5. The van der Waals surface area contributed by atoms with E-state index in [4.69, 9.17) is 42.1 Å². The third-order valence-corrected chi connectivity index (χ3v) is 5.49. The minimum atomic E-state index is 0.257. The zero-order valence-corrected chi connectivity index (χ0v) is 18.6. The quantitative estimate of drug-likeness (QED) is 0.424. The third kappa shape index (κ3) is 5.30. The number of benzene rings is 3. The van der Waals surface area contributed by atoms with Crippen molar-refractivity contribution in [1.82, 2.24) is 0 Å². The summed E-state index contributed by atoms with van der Waals surface area (Å²) in [5, 5.41) is 4.56. The van der Waals surface area contributed by atoms with Crippen LogP contribution in [0.25, 0.3) is 0 Å². The number of hydrogen-bond acceptors (Lipinski definition) is 5. The number of anilines is 1. The number of halogens is 2. The predicted molar refractivity (Wildman–Crippen MR) is 123 cm³/mol. The first-order valence-electron chi connectivity index (χ1n) is 10.1. The summed E-state index contributed by atoms with van der Waals surface area (Å²) < 4.78 is 23.0. The molecule has 3 aromatic carbocycles. The number of nitrogens with one attached hydrogen (secondary N) is 1. The van der Waals surface area contributed by atoms with E-state index in [0.717, 1.165) is 28.3 Å². The first kappa shape index (κ1) is 21.5. The van der Waals surface area contributed by atoms with Crippen molar-refractivity contribution in [3.63, 3.8) is 0 Å². The molecule has 0 unspecified atom stereocenters. The molecule has 0 saturated carbocycles. The second kappa shape index (κ2) is 10.0. The van der Waals surface area contributed by atoms with Gasteiger partial charge in [-0.3, -0.25) is 0 Å². The van der Waals surface area contributed by atoms with Gasteiger partial charge in [-0.1, -0.05) is 35.3 Å². The molecule has 31 heavy (non-hydrogen) atoms. The largest absolute Gasteiger partial charge is 0.490 e. The third-order valence-electron chi connectivity index (χ3n) is 4.78. The first-order chi connectivity index (χ1) is 15.1. The lowest BCUT2D eigenvalue weighted by Gasteiger charge is -2.19. The molecule has 162 valence electrons. The van der Waals surface area contributed by atoms with Gasteiger partial charge in [0, 0.05) is 33.9 Å². The van der Waals surface area contributed by atoms with E-state index in [1.54, 1.807) is 12.1 Å². The number of hydrogen-bond donors (Lipinski definition) is 1. The van der Waals surface area contributed by atoms with Crippen LogP contribution >= 0.6 is 23.2 Å². The molecule has 0 fully saturated rings. The topological polar surface area (TPSA) is 49.0 Å². The molecule has 5 nitrogen and oxygen atoms in total. The van der Waals surface area contributed by atoms with Gasteiger partial charge < -0.3 is 24.3 Å². The summed E-state index contributed by atoms with van der Waals surface area (Å²) in [5.74, 6) is 2.84. The van der Waals surface area contributed by atoms with Gasteiger partial charge in [-0.05, 0) is 48.9 Å². The molecule has 0 bridgehead atoms. The molecule has 0 atom stereocenters. The molecule has 0 aliphatic carbocycles. The van der Waals surface area contributed by atoms with E-state index in [9.17, 15) is 0 Å². The predicted octanol–water partition coefficient (Wildman–Crippen LogP) is 6.35. The number of fused-ring (bicyclic) bond motifs is 1. The van der Waals surface area contributed by atoms with Gasteiger partial charge in [0.1, 0.15) is 19.8 Å². The molecular weight excluding hydrogens is 437 g/mol. The van der Waals surface area contributed by atoms with Crippen LogP contribution in [-0.4, -0.2) is 19.8 Å². The Kier molecular flexibility index (Phi) is 6.95. The van der Waals surface area contributed by atoms with E-state index in [0.29, 0.717) is 47.9 Å². The van der Waals surface area contributed by atoms with Gasteiger partial charge in [0.05, 0.1) is 6.61 Å². The van der Waals surface area contributed by atoms with E-state index in [-0.39, 0.29) is 6.61 Å². The zero-order chi connectivity index (χ0) is 21.6. The van der Waals surface area contributed by atoms with Crippen molar-refractivity contribution in [3.05, 3.63) is 75.8 Å². The van der Waals surface area contributed by atoms with Crippen molar-refractivity contribution in [1.29, 1.82) is 0 Å². The van der Waals surface area contributed by atoms with Crippen LogP contribution in [0.3, 0.4) is 0 Å². The lowest BCUT2D eigenvalue weighted by atomic mass is 10.2. The second-order valence-corrected chi connectivity index (χ2v) is 7.73. The van der Waals surface area contributed by atoms with Crippen LogP contribution in [0.2, 0.25) is 10.0 Å². The Hall–Kier alpha value is -2.76. The van der Waals surface area contributed by atoms with Crippen molar-refractivity contribution >= 4 is 28.9 Å². The average Bonchev–Trinajstić information content (AvgIpc) is 2.78. The Morgan fingerprint density at radius 2 is 1.65 bits per heavy atom. The van der Waals surface area contributed by atoms with E-state index in [2.05, 4.69) is 5.32 Å². The highest BCUT2D eigenvalue weighted by Gasteiger charge is 2.13. The summed E-state index contributed by atoms with van der Waals surface area (Å²) in [6.45, 7) is 4.49. The Labute approximate surface area is 191 Å². The van der Waals surface area contributed by atoms with E-state index < -0.39 is 0 Å². The first-order valence-corrected chi connectivity index (χ1v) is 10.8. The molecule has 1 aliphatic heterocycles. The van der Waals surface area contributed by atoms with E-state index in [1.807, 2.05) is 49.4 Å². The molecule has 3 aromatic rings. The molecule has 1 heterocycles. The van der Waals surface area contributed by atoms with Crippen LogP contribution in [0, 0.1) is 0 Å². The molecule has 0 amide bonds. The summed E-state index contributed by atoms with van der Waals surface area (Å²) in [4.78, 5) is 0. The van der Waals surface area contributed by atoms with Crippen molar-refractivity contribution in [3.8, 4) is 23.0 Å². The van der Waals surface area contributed by atoms with Crippen LogP contribution in [0.5, 0.6) is 23.0 Å².